The number of hydrogen-bond acceptors (Lipinski definition) is 4. The van der Waals surface area contributed by atoms with Crippen molar-refractivity contribution >= 4 is 9.84 Å². The Labute approximate surface area is 54.7 Å². The van der Waals surface area contributed by atoms with Crippen molar-refractivity contribution in [1.29, 1.82) is 0 Å². The Hall–Kier alpha value is -0.710. The van der Waals surface area contributed by atoms with E-state index in [1.165, 1.54) is 0 Å². The van der Waals surface area contributed by atoms with Crippen LogP contribution < -0.4 is 11.1 Å². The van der Waals surface area contributed by atoms with Crippen LogP contribution in [0.25, 0.3) is 0 Å². The van der Waals surface area contributed by atoms with Crippen LogP contribution in [0.15, 0.2) is 11.2 Å². The summed E-state index contributed by atoms with van der Waals surface area (Å²) in [6.45, 7) is 0. The summed E-state index contributed by atoms with van der Waals surface area (Å²) >= 11 is 0. The first-order chi connectivity index (χ1) is 3.95. The molecule has 0 unspecified atom stereocenters. The fraction of sp³-hybridized carbons (Fsp3) is 0.500. The molecule has 54 valence electrons. The van der Waals surface area contributed by atoms with E-state index < -0.39 is 9.84 Å². The Kier molecular flexibility index (Phi) is 2.51. The first kappa shape index (κ1) is 8.29. The largest absolute Gasteiger partial charge is 0.385 e. The minimum Gasteiger partial charge on any atom is -0.385 e. The van der Waals surface area contributed by atoms with Gasteiger partial charge >= 0.3 is 0 Å². The van der Waals surface area contributed by atoms with Gasteiger partial charge in [0.2, 0.25) is 0 Å². The fourth-order valence-electron chi connectivity index (χ4n) is 0.290. The van der Waals surface area contributed by atoms with Gasteiger partial charge in [-0.05, 0) is 0 Å². The second-order valence-electron chi connectivity index (χ2n) is 1.65. The molecule has 4 nitrogen and oxygen atoms in total. The molecule has 0 aromatic heterocycles. The van der Waals surface area contributed by atoms with Crippen LogP contribution in [0.4, 0.5) is 0 Å². The first-order valence-electron chi connectivity index (χ1n) is 2.30. The maximum atomic E-state index is 10.4. The molecule has 0 rings (SSSR count). The van der Waals surface area contributed by atoms with E-state index in [-0.39, 0.29) is 5.82 Å². The topological polar surface area (TPSA) is 72.2 Å². The summed E-state index contributed by atoms with van der Waals surface area (Å²) in [4.78, 5) is 0. The van der Waals surface area contributed by atoms with Gasteiger partial charge in [0.05, 0.1) is 5.41 Å². The van der Waals surface area contributed by atoms with Crippen LogP contribution in [-0.4, -0.2) is 21.7 Å². The number of nitrogens with one attached hydrogen (secondary N) is 1. The lowest BCUT2D eigenvalue weighted by atomic mass is 10.8. The van der Waals surface area contributed by atoms with Crippen molar-refractivity contribution in [3.05, 3.63) is 11.2 Å². The van der Waals surface area contributed by atoms with Crippen LogP contribution in [0.3, 0.4) is 0 Å². The minimum absolute atomic E-state index is 0.150. The van der Waals surface area contributed by atoms with E-state index in [0.29, 0.717) is 0 Å². The second-order valence-corrected chi connectivity index (χ2v) is 3.55. The zero-order valence-corrected chi connectivity index (χ0v) is 6.20. The van der Waals surface area contributed by atoms with Crippen LogP contribution in [0.5, 0.6) is 0 Å². The van der Waals surface area contributed by atoms with Crippen molar-refractivity contribution in [2.24, 2.45) is 5.73 Å². The average Bonchev–Trinajstić information content (AvgIpc) is 1.62. The maximum absolute atomic E-state index is 10.4. The Balaban J connectivity index is 4.32. The normalized spacial score (nSPS) is 13.3. The van der Waals surface area contributed by atoms with Crippen molar-refractivity contribution in [2.75, 3.05) is 13.3 Å². The van der Waals surface area contributed by atoms with Gasteiger partial charge < -0.3 is 11.1 Å². The molecule has 3 N–H and O–H groups in total. The number of hydrogen-bond donors (Lipinski definition) is 2. The summed E-state index contributed by atoms with van der Waals surface area (Å²) in [5.74, 6) is 0.150. The highest BCUT2D eigenvalue weighted by Crippen LogP contribution is 1.85. The van der Waals surface area contributed by atoms with Crippen LogP contribution in [0.2, 0.25) is 0 Å². The molecular formula is C4H10N2O2S. The van der Waals surface area contributed by atoms with Gasteiger partial charge in [-0.1, -0.05) is 0 Å². The predicted octanol–water partition coefficient (Wildman–Crippen LogP) is -0.992. The summed E-state index contributed by atoms with van der Waals surface area (Å²) in [6.07, 6.45) is 1.08. The number of sulfone groups is 1. The Morgan fingerprint density at radius 1 is 1.67 bits per heavy atom. The van der Waals surface area contributed by atoms with E-state index in [2.05, 4.69) is 5.32 Å². The summed E-state index contributed by atoms with van der Waals surface area (Å²) < 4.78 is 20.8. The summed E-state index contributed by atoms with van der Waals surface area (Å²) in [6, 6.07) is 0. The highest BCUT2D eigenvalue weighted by molar-refractivity contribution is 7.93. The predicted molar refractivity (Wildman–Crippen MR) is 36.2 cm³/mol. The van der Waals surface area contributed by atoms with Crippen LogP contribution in [0, 0.1) is 0 Å². The minimum atomic E-state index is -3.09. The molecule has 0 bridgehead atoms. The molecule has 0 saturated heterocycles. The lowest BCUT2D eigenvalue weighted by molar-refractivity contribution is 0.609. The van der Waals surface area contributed by atoms with Gasteiger partial charge in [-0.15, -0.1) is 0 Å². The Morgan fingerprint density at radius 2 is 2.11 bits per heavy atom. The lowest BCUT2D eigenvalue weighted by Gasteiger charge is -1.95. The van der Waals surface area contributed by atoms with E-state index in [1.807, 2.05) is 0 Å². The summed E-state index contributed by atoms with van der Waals surface area (Å²) in [5.41, 5.74) is 5.13. The van der Waals surface area contributed by atoms with E-state index in [0.717, 1.165) is 11.7 Å². The second kappa shape index (κ2) is 2.72. The fourth-order valence-corrected chi connectivity index (χ4v) is 0.869. The third-order valence-electron chi connectivity index (χ3n) is 0.630. The SMILES string of the molecule is CNC(N)=CS(C)(=O)=O. The van der Waals surface area contributed by atoms with E-state index in [9.17, 15) is 8.42 Å². The first-order valence-corrected chi connectivity index (χ1v) is 4.26. The molecule has 0 aromatic rings. The molecule has 0 spiro atoms. The summed E-state index contributed by atoms with van der Waals surface area (Å²) in [5, 5.41) is 3.45. The Bertz CT molecular complexity index is 205. The van der Waals surface area contributed by atoms with Crippen molar-refractivity contribution < 1.29 is 8.42 Å². The highest BCUT2D eigenvalue weighted by Gasteiger charge is 1.94. The zero-order chi connectivity index (χ0) is 7.49. The van der Waals surface area contributed by atoms with Gasteiger partial charge in [-0.25, -0.2) is 8.42 Å². The van der Waals surface area contributed by atoms with Crippen LogP contribution in [-0.2, 0) is 9.84 Å². The van der Waals surface area contributed by atoms with Crippen LogP contribution >= 0.6 is 0 Å². The van der Waals surface area contributed by atoms with E-state index in [4.69, 9.17) is 5.73 Å². The average molecular weight is 150 g/mol. The number of nitrogens with two attached hydrogens (primary N) is 1. The molecule has 0 atom stereocenters. The quantitative estimate of drug-likeness (QED) is 0.530. The van der Waals surface area contributed by atoms with Gasteiger partial charge in [0.15, 0.2) is 9.84 Å². The molecule has 0 saturated carbocycles. The van der Waals surface area contributed by atoms with Gasteiger partial charge in [0.25, 0.3) is 0 Å². The molecule has 0 fully saturated rings. The Morgan fingerprint density at radius 3 is 2.22 bits per heavy atom. The molecule has 5 heteroatoms. The van der Waals surface area contributed by atoms with Crippen molar-refractivity contribution in [3.8, 4) is 0 Å². The molecule has 9 heavy (non-hydrogen) atoms. The molecule has 0 amide bonds. The maximum Gasteiger partial charge on any atom is 0.172 e. The lowest BCUT2D eigenvalue weighted by Crippen LogP contribution is -2.15. The van der Waals surface area contributed by atoms with Crippen molar-refractivity contribution in [1.82, 2.24) is 5.32 Å². The van der Waals surface area contributed by atoms with Gasteiger partial charge in [0, 0.05) is 13.3 Å². The van der Waals surface area contributed by atoms with E-state index >= 15 is 0 Å². The van der Waals surface area contributed by atoms with Crippen molar-refractivity contribution in [3.63, 3.8) is 0 Å². The summed E-state index contributed by atoms with van der Waals surface area (Å²) in [7, 11) is -1.53. The highest BCUT2D eigenvalue weighted by atomic mass is 32.2. The van der Waals surface area contributed by atoms with Crippen LogP contribution in [0.1, 0.15) is 0 Å². The molecule has 0 aromatic carbocycles. The smallest absolute Gasteiger partial charge is 0.172 e. The number of rotatable bonds is 2. The third-order valence-corrected chi connectivity index (χ3v) is 1.31. The zero-order valence-electron chi connectivity index (χ0n) is 5.38. The van der Waals surface area contributed by atoms with Crippen molar-refractivity contribution in [2.45, 2.75) is 0 Å². The molecule has 0 aliphatic rings. The molecule has 0 aliphatic carbocycles. The van der Waals surface area contributed by atoms with Gasteiger partial charge in [0.1, 0.15) is 5.82 Å². The molecule has 0 radical (unpaired) electrons. The molecule has 0 aliphatic heterocycles. The van der Waals surface area contributed by atoms with Gasteiger partial charge in [-0.3, -0.25) is 0 Å². The standard InChI is InChI=1S/C4H10N2O2S/c1-6-4(5)3-9(2,7)8/h3,6H,5H2,1-2H3. The third kappa shape index (κ3) is 5.16. The molecule has 0 heterocycles. The van der Waals surface area contributed by atoms with Gasteiger partial charge in [-0.2, -0.15) is 0 Å². The monoisotopic (exact) mass is 150 g/mol. The molecular weight excluding hydrogens is 140 g/mol. The van der Waals surface area contributed by atoms with E-state index in [1.54, 1.807) is 7.05 Å².